The van der Waals surface area contributed by atoms with E-state index in [9.17, 15) is 5.11 Å². The first kappa shape index (κ1) is 27.6. The normalized spacial score (nSPS) is 24.5. The average Bonchev–Trinajstić information content (AvgIpc) is 2.59. The van der Waals surface area contributed by atoms with E-state index >= 15 is 0 Å². The fraction of sp³-hybridized carbons (Fsp3) is 0.588. The van der Waals surface area contributed by atoms with Crippen LogP contribution in [0.5, 0.6) is 0 Å². The van der Waals surface area contributed by atoms with Crippen LogP contribution < -0.4 is 0 Å². The molecule has 1 aliphatic rings. The van der Waals surface area contributed by atoms with Gasteiger partial charge in [-0.1, -0.05) is 25.6 Å². The summed E-state index contributed by atoms with van der Waals surface area (Å²) in [4.78, 5) is 4.09. The lowest BCUT2D eigenvalue weighted by molar-refractivity contribution is -0.193. The highest BCUT2D eigenvalue weighted by molar-refractivity contribution is 14.0. The third-order valence-electron chi connectivity index (χ3n) is 3.32. The van der Waals surface area contributed by atoms with Crippen molar-refractivity contribution in [2.45, 2.75) is 51.0 Å². The second-order valence-corrected chi connectivity index (χ2v) is 5.36. The van der Waals surface area contributed by atoms with Crippen molar-refractivity contribution in [1.82, 2.24) is 0 Å². The zero-order valence-corrected chi connectivity index (χ0v) is 16.0. The summed E-state index contributed by atoms with van der Waals surface area (Å²) in [5.74, 6) is 0. The fourth-order valence-corrected chi connectivity index (χ4v) is 1.81. The molecule has 3 unspecified atom stereocenters. The van der Waals surface area contributed by atoms with Crippen LogP contribution in [0.1, 0.15) is 20.3 Å². The van der Waals surface area contributed by atoms with Crippen molar-refractivity contribution in [3.63, 3.8) is 0 Å². The Kier molecular flexibility index (Phi) is 16.3. The summed E-state index contributed by atoms with van der Waals surface area (Å²) in [7, 11) is 0. The van der Waals surface area contributed by atoms with Crippen molar-refractivity contribution in [3.8, 4) is 0 Å². The van der Waals surface area contributed by atoms with E-state index in [1.165, 1.54) is 6.21 Å². The van der Waals surface area contributed by atoms with Gasteiger partial charge in [0.15, 0.2) is 6.29 Å². The van der Waals surface area contributed by atoms with Crippen molar-refractivity contribution in [2.75, 3.05) is 13.2 Å². The Morgan fingerprint density at radius 3 is 2.19 bits per heavy atom. The minimum absolute atomic E-state index is 0. The van der Waals surface area contributed by atoms with Crippen molar-refractivity contribution < 1.29 is 35.4 Å². The Morgan fingerprint density at radius 2 is 1.69 bits per heavy atom. The van der Waals surface area contributed by atoms with Gasteiger partial charge >= 0.3 is 0 Å². The second-order valence-electron chi connectivity index (χ2n) is 5.36. The summed E-state index contributed by atoms with van der Waals surface area (Å²) in [6.45, 7) is -0.428. The first-order chi connectivity index (χ1) is 11.4. The number of aliphatic hydroxyl groups is 6. The van der Waals surface area contributed by atoms with E-state index in [4.69, 9.17) is 25.5 Å². The van der Waals surface area contributed by atoms with Crippen LogP contribution in [0.3, 0.4) is 0 Å². The zero-order chi connectivity index (χ0) is 17.9. The molecule has 9 heteroatoms. The van der Waals surface area contributed by atoms with Crippen molar-refractivity contribution >= 4 is 35.9 Å². The third-order valence-corrected chi connectivity index (χ3v) is 3.32. The molecule has 8 nitrogen and oxygen atoms in total. The molecule has 0 bridgehead atoms. The van der Waals surface area contributed by atoms with Gasteiger partial charge in [0, 0.05) is 19.1 Å². The first-order valence-corrected chi connectivity index (χ1v) is 7.64. The molecule has 152 valence electrons. The lowest BCUT2D eigenvalue weighted by Crippen LogP contribution is -2.40. The number of benzene rings is 1. The van der Waals surface area contributed by atoms with E-state index in [1.807, 2.05) is 30.3 Å². The lowest BCUT2D eigenvalue weighted by atomic mass is 10.1. The largest absolute Gasteiger partial charge is 0.394 e. The quantitative estimate of drug-likeness (QED) is 0.257. The molecule has 0 aliphatic carbocycles. The number of para-hydroxylation sites is 1. The minimum atomic E-state index is -1.10. The summed E-state index contributed by atoms with van der Waals surface area (Å²) >= 11 is 0. The maximum absolute atomic E-state index is 9.29. The standard InChI is InChI=1S/C11H15NO3.C5H10O4.CH4.HI/c13-8-11(15)10(14)6-7-12-9-4-2-1-3-5-9;6-3-1-5(8)9-2-4(3)7;;/h1-5,7,10-11,13-15H,6,8H2;3-8H,1-2H2;1H4;1H/t;3?,4-,5+;;/m.0../s1. The number of nitrogens with zero attached hydrogens (tertiary/aromatic N) is 1. The molecule has 26 heavy (non-hydrogen) atoms. The van der Waals surface area contributed by atoms with Gasteiger partial charge in [0.25, 0.3) is 0 Å². The smallest absolute Gasteiger partial charge is 0.157 e. The van der Waals surface area contributed by atoms with Crippen LogP contribution in [0.15, 0.2) is 35.3 Å². The summed E-state index contributed by atoms with van der Waals surface area (Å²) in [5.41, 5.74) is 0.795. The molecule has 1 aromatic carbocycles. The summed E-state index contributed by atoms with van der Waals surface area (Å²) in [6.07, 6.45) is -2.82. The van der Waals surface area contributed by atoms with Crippen LogP contribution in [0.4, 0.5) is 5.69 Å². The van der Waals surface area contributed by atoms with Crippen molar-refractivity contribution in [1.29, 1.82) is 0 Å². The predicted molar refractivity (Wildman–Crippen MR) is 109 cm³/mol. The number of aliphatic imine (C=N–C) groups is 1. The molecule has 0 aromatic heterocycles. The second kappa shape index (κ2) is 15.4. The average molecular weight is 487 g/mol. The zero-order valence-electron chi connectivity index (χ0n) is 13.6. The van der Waals surface area contributed by atoms with Gasteiger partial charge in [0.05, 0.1) is 31.1 Å². The molecular weight excluding hydrogens is 457 g/mol. The Morgan fingerprint density at radius 1 is 1.08 bits per heavy atom. The fourth-order valence-electron chi connectivity index (χ4n) is 1.81. The number of halogens is 1. The van der Waals surface area contributed by atoms with Crippen molar-refractivity contribution in [2.24, 2.45) is 4.99 Å². The molecule has 6 N–H and O–H groups in total. The Hall–Kier alpha value is -0.660. The van der Waals surface area contributed by atoms with Gasteiger partial charge in [-0.25, -0.2) is 0 Å². The van der Waals surface area contributed by atoms with Crippen LogP contribution in [-0.2, 0) is 4.74 Å². The van der Waals surface area contributed by atoms with Crippen LogP contribution in [0.2, 0.25) is 0 Å². The Labute approximate surface area is 170 Å². The van der Waals surface area contributed by atoms with Gasteiger partial charge in [0.2, 0.25) is 0 Å². The Balaban J connectivity index is 0. The van der Waals surface area contributed by atoms with Gasteiger partial charge in [-0.15, -0.1) is 24.0 Å². The van der Waals surface area contributed by atoms with E-state index in [-0.39, 0.29) is 50.9 Å². The Bertz CT molecular complexity index is 477. The number of hydrogen-bond donors (Lipinski definition) is 6. The molecule has 1 saturated heterocycles. The molecule has 0 radical (unpaired) electrons. The topological polar surface area (TPSA) is 143 Å². The summed E-state index contributed by atoms with van der Waals surface area (Å²) < 4.78 is 4.61. The molecule has 0 spiro atoms. The summed E-state index contributed by atoms with van der Waals surface area (Å²) in [5, 5.41) is 53.3. The molecule has 5 atom stereocenters. The van der Waals surface area contributed by atoms with E-state index < -0.39 is 37.3 Å². The van der Waals surface area contributed by atoms with Crippen molar-refractivity contribution in [3.05, 3.63) is 30.3 Å². The number of ether oxygens (including phenoxy) is 1. The molecule has 0 amide bonds. The molecule has 1 aliphatic heterocycles. The highest BCUT2D eigenvalue weighted by atomic mass is 127. The highest BCUT2D eigenvalue weighted by Gasteiger charge is 2.26. The number of hydrogen-bond acceptors (Lipinski definition) is 8. The van der Waals surface area contributed by atoms with E-state index in [1.54, 1.807) is 0 Å². The molecule has 0 saturated carbocycles. The maximum Gasteiger partial charge on any atom is 0.157 e. The SMILES string of the molecule is C.I.OC1C[C@H](O)OC[C@@H]1O.OCC(O)C(O)CC=Nc1ccccc1. The summed E-state index contributed by atoms with van der Waals surface area (Å²) in [6, 6.07) is 9.30. The number of rotatable bonds is 5. The molecular formula is C17H30INO7. The van der Waals surface area contributed by atoms with Crippen LogP contribution >= 0.6 is 24.0 Å². The van der Waals surface area contributed by atoms with Gasteiger partial charge in [0.1, 0.15) is 12.2 Å². The van der Waals surface area contributed by atoms with Gasteiger partial charge in [-0.05, 0) is 12.1 Å². The van der Waals surface area contributed by atoms with Crippen LogP contribution in [0, 0.1) is 0 Å². The van der Waals surface area contributed by atoms with Crippen LogP contribution in [-0.4, -0.2) is 80.8 Å². The monoisotopic (exact) mass is 487 g/mol. The minimum Gasteiger partial charge on any atom is -0.394 e. The van der Waals surface area contributed by atoms with Gasteiger partial charge in [-0.2, -0.15) is 0 Å². The molecule has 1 aromatic rings. The van der Waals surface area contributed by atoms with E-state index in [2.05, 4.69) is 9.73 Å². The van der Waals surface area contributed by atoms with Gasteiger partial charge < -0.3 is 35.4 Å². The molecule has 1 fully saturated rings. The van der Waals surface area contributed by atoms with E-state index in [0.717, 1.165) is 5.69 Å². The molecule has 2 rings (SSSR count). The van der Waals surface area contributed by atoms with Gasteiger partial charge in [-0.3, -0.25) is 4.99 Å². The van der Waals surface area contributed by atoms with Crippen LogP contribution in [0.25, 0.3) is 0 Å². The predicted octanol–water partition coefficient (Wildman–Crippen LogP) is 0.194. The lowest BCUT2D eigenvalue weighted by Gasteiger charge is -2.26. The van der Waals surface area contributed by atoms with E-state index in [0.29, 0.717) is 0 Å². The maximum atomic E-state index is 9.29. The third kappa shape index (κ3) is 11.1. The number of aliphatic hydroxyl groups excluding tert-OH is 6. The highest BCUT2D eigenvalue weighted by Crippen LogP contribution is 2.11. The molecule has 1 heterocycles. The first-order valence-electron chi connectivity index (χ1n) is 7.64.